The summed E-state index contributed by atoms with van der Waals surface area (Å²) in [4.78, 5) is 13.6. The van der Waals surface area contributed by atoms with Gasteiger partial charge < -0.3 is 14.4 Å². The van der Waals surface area contributed by atoms with Crippen LogP contribution in [-0.4, -0.2) is 55.5 Å². The maximum atomic E-state index is 5.73. The second-order valence-corrected chi connectivity index (χ2v) is 3.82. The molecule has 0 saturated heterocycles. The van der Waals surface area contributed by atoms with Crippen molar-refractivity contribution in [3.05, 3.63) is 10.6 Å². The van der Waals surface area contributed by atoms with Crippen molar-refractivity contribution in [3.8, 4) is 0 Å². The lowest BCUT2D eigenvalue weighted by molar-refractivity contribution is 0.189. The van der Waals surface area contributed by atoms with E-state index in [0.29, 0.717) is 32.3 Å². The van der Waals surface area contributed by atoms with E-state index in [0.717, 1.165) is 0 Å². The van der Waals surface area contributed by atoms with Gasteiger partial charge in [-0.3, -0.25) is 0 Å². The topological polar surface area (TPSA) is 60.4 Å². The Morgan fingerprint density at radius 2 is 1.41 bits per heavy atom. The normalized spacial score (nSPS) is 10.6. The molecule has 1 heterocycles. The Morgan fingerprint density at radius 1 is 0.941 bits per heavy atom. The van der Waals surface area contributed by atoms with E-state index in [2.05, 4.69) is 15.0 Å². The molecule has 0 aliphatic carbocycles. The maximum absolute atomic E-state index is 5.73. The van der Waals surface area contributed by atoms with Crippen molar-refractivity contribution in [1.29, 1.82) is 0 Å². The number of aromatic nitrogens is 3. The molecular weight excluding hydrogens is 267 g/mol. The van der Waals surface area contributed by atoms with E-state index in [4.69, 9.17) is 32.7 Å². The number of rotatable bonds is 7. The Bertz CT molecular complexity index is 326. The largest absolute Gasteiger partial charge is 0.383 e. The van der Waals surface area contributed by atoms with Crippen LogP contribution in [0.2, 0.25) is 10.6 Å². The molecular formula is C9H14Cl2N4O2. The molecule has 17 heavy (non-hydrogen) atoms. The van der Waals surface area contributed by atoms with Gasteiger partial charge in [-0.05, 0) is 23.2 Å². The molecule has 1 aromatic heterocycles. The van der Waals surface area contributed by atoms with Crippen molar-refractivity contribution in [3.63, 3.8) is 0 Å². The summed E-state index contributed by atoms with van der Waals surface area (Å²) >= 11 is 11.5. The van der Waals surface area contributed by atoms with Gasteiger partial charge in [0, 0.05) is 27.3 Å². The number of ether oxygens (including phenoxy) is 2. The molecule has 0 fully saturated rings. The molecule has 6 nitrogen and oxygen atoms in total. The van der Waals surface area contributed by atoms with Crippen molar-refractivity contribution in [2.75, 3.05) is 45.4 Å². The van der Waals surface area contributed by atoms with Gasteiger partial charge in [-0.25, -0.2) is 0 Å². The summed E-state index contributed by atoms with van der Waals surface area (Å²) < 4.78 is 10.0. The van der Waals surface area contributed by atoms with Crippen LogP contribution < -0.4 is 4.90 Å². The van der Waals surface area contributed by atoms with Crippen LogP contribution in [0.4, 0.5) is 5.95 Å². The summed E-state index contributed by atoms with van der Waals surface area (Å²) in [5.74, 6) is 0.420. The van der Waals surface area contributed by atoms with Gasteiger partial charge in [0.25, 0.3) is 0 Å². The van der Waals surface area contributed by atoms with Gasteiger partial charge in [0.15, 0.2) is 0 Å². The minimum Gasteiger partial charge on any atom is -0.383 e. The SMILES string of the molecule is COCCN(CCOC)c1nc(Cl)nc(Cl)n1. The summed E-state index contributed by atoms with van der Waals surface area (Å²) in [7, 11) is 3.25. The molecule has 0 amide bonds. The average Bonchev–Trinajstić information content (AvgIpc) is 2.28. The quantitative estimate of drug-likeness (QED) is 0.750. The summed E-state index contributed by atoms with van der Waals surface area (Å²) in [5.41, 5.74) is 0. The van der Waals surface area contributed by atoms with Crippen LogP contribution in [-0.2, 0) is 9.47 Å². The van der Waals surface area contributed by atoms with E-state index >= 15 is 0 Å². The van der Waals surface area contributed by atoms with E-state index in [9.17, 15) is 0 Å². The first kappa shape index (κ1) is 14.4. The third-order valence-electron chi connectivity index (χ3n) is 1.98. The lowest BCUT2D eigenvalue weighted by Crippen LogP contribution is -2.32. The lowest BCUT2D eigenvalue weighted by atomic mass is 10.5. The van der Waals surface area contributed by atoms with Gasteiger partial charge >= 0.3 is 0 Å². The van der Waals surface area contributed by atoms with Gasteiger partial charge in [0.05, 0.1) is 13.2 Å². The minimum absolute atomic E-state index is 0.0693. The maximum Gasteiger partial charge on any atom is 0.231 e. The standard InChI is InChI=1S/C9H14Cl2N4O2/c1-16-5-3-15(4-6-17-2)9-13-7(10)12-8(11)14-9/h3-6H2,1-2H3. The number of hydrogen-bond acceptors (Lipinski definition) is 6. The van der Waals surface area contributed by atoms with Gasteiger partial charge in [-0.2, -0.15) is 15.0 Å². The zero-order valence-electron chi connectivity index (χ0n) is 9.69. The van der Waals surface area contributed by atoms with E-state index in [1.54, 1.807) is 14.2 Å². The Kier molecular flexibility index (Phi) is 6.43. The molecule has 8 heteroatoms. The molecule has 0 aliphatic rings. The van der Waals surface area contributed by atoms with Crippen LogP contribution in [0.5, 0.6) is 0 Å². The molecule has 0 bridgehead atoms. The van der Waals surface area contributed by atoms with Crippen LogP contribution in [0.3, 0.4) is 0 Å². The molecule has 0 radical (unpaired) electrons. The first-order valence-electron chi connectivity index (χ1n) is 4.97. The zero-order chi connectivity index (χ0) is 12.7. The van der Waals surface area contributed by atoms with E-state index < -0.39 is 0 Å². The van der Waals surface area contributed by atoms with E-state index in [1.807, 2.05) is 4.90 Å². The summed E-state index contributed by atoms with van der Waals surface area (Å²) in [6.45, 7) is 2.34. The predicted molar refractivity (Wildman–Crippen MR) is 65.8 cm³/mol. The van der Waals surface area contributed by atoms with Crippen molar-refractivity contribution < 1.29 is 9.47 Å². The third-order valence-corrected chi connectivity index (χ3v) is 2.32. The third kappa shape index (κ3) is 4.99. The number of methoxy groups -OCH3 is 2. The molecule has 0 N–H and O–H groups in total. The van der Waals surface area contributed by atoms with Gasteiger partial charge in [-0.15, -0.1) is 0 Å². The van der Waals surface area contributed by atoms with Crippen LogP contribution in [0.25, 0.3) is 0 Å². The molecule has 1 aromatic rings. The molecule has 96 valence electrons. The van der Waals surface area contributed by atoms with Crippen LogP contribution in [0.15, 0.2) is 0 Å². The summed E-state index contributed by atoms with van der Waals surface area (Å²) in [6.07, 6.45) is 0. The van der Waals surface area contributed by atoms with Crippen LogP contribution in [0.1, 0.15) is 0 Å². The Labute approximate surface area is 110 Å². The zero-order valence-corrected chi connectivity index (χ0v) is 11.2. The first-order chi connectivity index (χ1) is 8.17. The van der Waals surface area contributed by atoms with Crippen LogP contribution in [0, 0.1) is 0 Å². The molecule has 0 saturated carbocycles. The van der Waals surface area contributed by atoms with Gasteiger partial charge in [-0.1, -0.05) is 0 Å². The molecule has 0 spiro atoms. The van der Waals surface area contributed by atoms with Crippen molar-refractivity contribution in [1.82, 2.24) is 15.0 Å². The average molecular weight is 281 g/mol. The summed E-state index contributed by atoms with van der Waals surface area (Å²) in [6, 6.07) is 0. The lowest BCUT2D eigenvalue weighted by Gasteiger charge is -2.21. The fourth-order valence-corrected chi connectivity index (χ4v) is 1.53. The fourth-order valence-electron chi connectivity index (χ4n) is 1.17. The molecule has 0 aliphatic heterocycles. The first-order valence-corrected chi connectivity index (χ1v) is 5.73. The molecule has 1 rings (SSSR count). The molecule has 0 atom stereocenters. The summed E-state index contributed by atoms with van der Waals surface area (Å²) in [5, 5.41) is 0.139. The Hall–Kier alpha value is -0.690. The van der Waals surface area contributed by atoms with E-state index in [-0.39, 0.29) is 10.6 Å². The fraction of sp³-hybridized carbons (Fsp3) is 0.667. The minimum atomic E-state index is 0.0693. The number of nitrogens with zero attached hydrogens (tertiary/aromatic N) is 4. The smallest absolute Gasteiger partial charge is 0.231 e. The number of hydrogen-bond donors (Lipinski definition) is 0. The predicted octanol–water partition coefficient (Wildman–Crippen LogP) is 1.28. The number of halogens is 2. The highest BCUT2D eigenvalue weighted by molar-refractivity contribution is 6.31. The van der Waals surface area contributed by atoms with Gasteiger partial charge in [0.1, 0.15) is 0 Å². The second-order valence-electron chi connectivity index (χ2n) is 3.15. The van der Waals surface area contributed by atoms with Crippen molar-refractivity contribution >= 4 is 29.2 Å². The Morgan fingerprint density at radius 3 is 1.82 bits per heavy atom. The Balaban J connectivity index is 2.78. The monoisotopic (exact) mass is 280 g/mol. The van der Waals surface area contributed by atoms with Gasteiger partial charge in [0.2, 0.25) is 16.5 Å². The highest BCUT2D eigenvalue weighted by Crippen LogP contribution is 2.13. The van der Waals surface area contributed by atoms with Crippen molar-refractivity contribution in [2.24, 2.45) is 0 Å². The second kappa shape index (κ2) is 7.60. The van der Waals surface area contributed by atoms with E-state index in [1.165, 1.54) is 0 Å². The number of anilines is 1. The van der Waals surface area contributed by atoms with Crippen molar-refractivity contribution in [2.45, 2.75) is 0 Å². The highest BCUT2D eigenvalue weighted by Gasteiger charge is 2.11. The molecule has 0 aromatic carbocycles. The van der Waals surface area contributed by atoms with Crippen LogP contribution >= 0.6 is 23.2 Å². The molecule has 0 unspecified atom stereocenters. The highest BCUT2D eigenvalue weighted by atomic mass is 35.5.